The molecule has 0 aliphatic rings. The monoisotopic (exact) mass is 254 g/mol. The summed E-state index contributed by atoms with van der Waals surface area (Å²) < 4.78 is 15.1. The Balaban J connectivity index is 2.21. The standard InChI is InChI=1S/C15H11FN2O/c1-10-5-6-11-12(16)9-18(14(11)8-10)15(19)13-4-2-3-7-17-13/h2-9H,1H3. The summed E-state index contributed by atoms with van der Waals surface area (Å²) in [6.45, 7) is 1.90. The molecule has 2 aromatic heterocycles. The van der Waals surface area contributed by atoms with E-state index in [1.165, 1.54) is 10.8 Å². The Bertz CT molecular complexity index is 762. The van der Waals surface area contributed by atoms with Gasteiger partial charge in [-0.2, -0.15) is 0 Å². The van der Waals surface area contributed by atoms with E-state index in [9.17, 15) is 9.18 Å². The highest BCUT2D eigenvalue weighted by atomic mass is 19.1. The summed E-state index contributed by atoms with van der Waals surface area (Å²) in [6, 6.07) is 10.4. The molecule has 2 heterocycles. The van der Waals surface area contributed by atoms with Gasteiger partial charge >= 0.3 is 0 Å². The van der Waals surface area contributed by atoms with Crippen molar-refractivity contribution in [1.82, 2.24) is 9.55 Å². The van der Waals surface area contributed by atoms with Crippen LogP contribution in [0, 0.1) is 12.7 Å². The number of hydrogen-bond acceptors (Lipinski definition) is 2. The molecular formula is C15H11FN2O. The Morgan fingerprint density at radius 1 is 1.26 bits per heavy atom. The van der Waals surface area contributed by atoms with Crippen LogP contribution < -0.4 is 0 Å². The fourth-order valence-corrected chi connectivity index (χ4v) is 2.08. The summed E-state index contributed by atoms with van der Waals surface area (Å²) >= 11 is 0. The van der Waals surface area contributed by atoms with E-state index in [2.05, 4.69) is 4.98 Å². The zero-order valence-corrected chi connectivity index (χ0v) is 10.3. The van der Waals surface area contributed by atoms with Crippen molar-refractivity contribution in [2.45, 2.75) is 6.92 Å². The summed E-state index contributed by atoms with van der Waals surface area (Å²) in [5.41, 5.74) is 1.83. The van der Waals surface area contributed by atoms with Gasteiger partial charge in [0.2, 0.25) is 0 Å². The Hall–Kier alpha value is -2.49. The minimum Gasteiger partial charge on any atom is -0.279 e. The van der Waals surface area contributed by atoms with Crippen LogP contribution >= 0.6 is 0 Å². The van der Waals surface area contributed by atoms with Crippen molar-refractivity contribution >= 4 is 16.8 Å². The number of benzene rings is 1. The van der Waals surface area contributed by atoms with Crippen LogP contribution in [-0.4, -0.2) is 15.5 Å². The molecule has 0 aliphatic carbocycles. The molecule has 3 nitrogen and oxygen atoms in total. The highest BCUT2D eigenvalue weighted by Crippen LogP contribution is 2.22. The first-order valence-corrected chi connectivity index (χ1v) is 5.90. The van der Waals surface area contributed by atoms with Crippen LogP contribution in [0.15, 0.2) is 48.8 Å². The maximum Gasteiger partial charge on any atom is 0.281 e. The average Bonchev–Trinajstić information content (AvgIpc) is 2.75. The SMILES string of the molecule is Cc1ccc2c(F)cn(C(=O)c3ccccn3)c2c1. The lowest BCUT2D eigenvalue weighted by molar-refractivity contribution is 0.0959. The van der Waals surface area contributed by atoms with Gasteiger partial charge in [0.05, 0.1) is 5.52 Å². The van der Waals surface area contributed by atoms with Gasteiger partial charge in [-0.15, -0.1) is 0 Å². The normalized spacial score (nSPS) is 10.8. The molecule has 0 amide bonds. The van der Waals surface area contributed by atoms with Crippen molar-refractivity contribution in [2.24, 2.45) is 0 Å². The zero-order valence-electron chi connectivity index (χ0n) is 10.3. The van der Waals surface area contributed by atoms with Crippen molar-refractivity contribution in [3.8, 4) is 0 Å². The van der Waals surface area contributed by atoms with E-state index >= 15 is 0 Å². The maximum atomic E-state index is 13.8. The van der Waals surface area contributed by atoms with Crippen LogP contribution in [0.3, 0.4) is 0 Å². The molecule has 0 saturated heterocycles. The van der Waals surface area contributed by atoms with Gasteiger partial charge in [-0.25, -0.2) is 4.39 Å². The van der Waals surface area contributed by atoms with Crippen molar-refractivity contribution in [2.75, 3.05) is 0 Å². The van der Waals surface area contributed by atoms with E-state index in [4.69, 9.17) is 0 Å². The number of carbonyl (C=O) groups excluding carboxylic acids is 1. The molecule has 19 heavy (non-hydrogen) atoms. The molecule has 0 fully saturated rings. The predicted octanol–water partition coefficient (Wildman–Crippen LogP) is 3.17. The fourth-order valence-electron chi connectivity index (χ4n) is 2.08. The van der Waals surface area contributed by atoms with Crippen LogP contribution in [0.5, 0.6) is 0 Å². The van der Waals surface area contributed by atoms with Crippen molar-refractivity contribution in [3.63, 3.8) is 0 Å². The van der Waals surface area contributed by atoms with Crippen LogP contribution in [0.1, 0.15) is 16.1 Å². The highest BCUT2D eigenvalue weighted by Gasteiger charge is 2.15. The Kier molecular flexibility index (Phi) is 2.63. The lowest BCUT2D eigenvalue weighted by Crippen LogP contribution is -2.12. The summed E-state index contributed by atoms with van der Waals surface area (Å²) in [7, 11) is 0. The lowest BCUT2D eigenvalue weighted by atomic mass is 10.2. The molecule has 1 aromatic carbocycles. The summed E-state index contributed by atoms with van der Waals surface area (Å²) in [4.78, 5) is 16.3. The van der Waals surface area contributed by atoms with Gasteiger partial charge in [0.1, 0.15) is 11.5 Å². The first kappa shape index (κ1) is 11.6. The summed E-state index contributed by atoms with van der Waals surface area (Å²) in [6.07, 6.45) is 2.75. The van der Waals surface area contributed by atoms with Crippen molar-refractivity contribution < 1.29 is 9.18 Å². The Morgan fingerprint density at radius 3 is 2.84 bits per heavy atom. The van der Waals surface area contributed by atoms with Gasteiger partial charge in [-0.3, -0.25) is 14.3 Å². The van der Waals surface area contributed by atoms with E-state index in [1.807, 2.05) is 13.0 Å². The van der Waals surface area contributed by atoms with Crippen LogP contribution in [0.2, 0.25) is 0 Å². The minimum atomic E-state index is -0.403. The molecule has 4 heteroatoms. The first-order chi connectivity index (χ1) is 9.16. The fraction of sp³-hybridized carbons (Fsp3) is 0.0667. The van der Waals surface area contributed by atoms with Gasteiger partial charge in [0.25, 0.3) is 5.91 Å². The molecule has 0 bridgehead atoms. The van der Waals surface area contributed by atoms with E-state index < -0.39 is 5.82 Å². The number of halogens is 1. The molecule has 0 N–H and O–H groups in total. The Labute approximate surface area is 109 Å². The summed E-state index contributed by atoms with van der Waals surface area (Å²) in [5, 5.41) is 0.440. The third kappa shape index (κ3) is 1.91. The van der Waals surface area contributed by atoms with Gasteiger partial charge in [0, 0.05) is 17.8 Å². The molecule has 0 atom stereocenters. The van der Waals surface area contributed by atoms with E-state index in [-0.39, 0.29) is 5.91 Å². The van der Waals surface area contributed by atoms with Crippen LogP contribution in [0.4, 0.5) is 4.39 Å². The molecule has 0 spiro atoms. The second-order valence-electron chi connectivity index (χ2n) is 4.39. The molecule has 3 rings (SSSR count). The third-order valence-electron chi connectivity index (χ3n) is 3.02. The van der Waals surface area contributed by atoms with Crippen LogP contribution in [-0.2, 0) is 0 Å². The van der Waals surface area contributed by atoms with Crippen molar-refractivity contribution in [3.05, 3.63) is 65.9 Å². The number of rotatable bonds is 1. The number of pyridine rings is 1. The molecular weight excluding hydrogens is 243 g/mol. The zero-order chi connectivity index (χ0) is 13.4. The largest absolute Gasteiger partial charge is 0.281 e. The quantitative estimate of drug-likeness (QED) is 0.668. The number of fused-ring (bicyclic) bond motifs is 1. The first-order valence-electron chi connectivity index (χ1n) is 5.90. The molecule has 94 valence electrons. The smallest absolute Gasteiger partial charge is 0.279 e. The lowest BCUT2D eigenvalue weighted by Gasteiger charge is -2.03. The minimum absolute atomic E-state index is 0.293. The van der Waals surface area contributed by atoms with E-state index in [0.717, 1.165) is 5.56 Å². The second-order valence-corrected chi connectivity index (χ2v) is 4.39. The van der Waals surface area contributed by atoms with Crippen LogP contribution in [0.25, 0.3) is 10.9 Å². The molecule has 0 aliphatic heterocycles. The number of aromatic nitrogens is 2. The Morgan fingerprint density at radius 2 is 2.11 bits per heavy atom. The second kappa shape index (κ2) is 4.31. The predicted molar refractivity (Wildman–Crippen MR) is 70.6 cm³/mol. The van der Waals surface area contributed by atoms with Gasteiger partial charge in [-0.1, -0.05) is 12.1 Å². The van der Waals surface area contributed by atoms with Gasteiger partial charge < -0.3 is 0 Å². The highest BCUT2D eigenvalue weighted by molar-refractivity contribution is 6.01. The van der Waals surface area contributed by atoms with Gasteiger partial charge in [0.15, 0.2) is 0 Å². The molecule has 0 unspecified atom stereocenters. The molecule has 3 aromatic rings. The number of hydrogen-bond donors (Lipinski definition) is 0. The number of nitrogens with zero attached hydrogens (tertiary/aromatic N) is 2. The molecule has 0 saturated carbocycles. The summed E-state index contributed by atoms with van der Waals surface area (Å²) in [5.74, 6) is -0.737. The average molecular weight is 254 g/mol. The number of carbonyl (C=O) groups is 1. The maximum absolute atomic E-state index is 13.8. The third-order valence-corrected chi connectivity index (χ3v) is 3.02. The van der Waals surface area contributed by atoms with Gasteiger partial charge in [-0.05, 0) is 36.8 Å². The van der Waals surface area contributed by atoms with Crippen molar-refractivity contribution in [1.29, 1.82) is 0 Å². The topological polar surface area (TPSA) is 34.9 Å². The van der Waals surface area contributed by atoms with E-state index in [0.29, 0.717) is 16.6 Å². The van der Waals surface area contributed by atoms with E-state index in [1.54, 1.807) is 36.5 Å². The molecule has 0 radical (unpaired) electrons. The number of aryl methyl sites for hydroxylation is 1.